The largest absolute Gasteiger partial charge is 1.00 e. The molecule has 0 rings (SSSR count). The van der Waals surface area contributed by atoms with E-state index in [1.54, 1.807) is 0 Å². The van der Waals surface area contributed by atoms with Gasteiger partial charge in [0.15, 0.2) is 0 Å². The van der Waals surface area contributed by atoms with Crippen molar-refractivity contribution >= 4 is 0 Å². The SMILES string of the molecule is CCC[N+](CCC)(CCC)CCC.CC[N+](CC)(CC)CC.[Br-].[Br-]. The van der Waals surface area contributed by atoms with Gasteiger partial charge in [-0.2, -0.15) is 0 Å². The molecule has 0 spiro atoms. The molecule has 0 atom stereocenters. The average Bonchev–Trinajstić information content (AvgIpc) is 2.52. The van der Waals surface area contributed by atoms with Crippen molar-refractivity contribution < 1.29 is 42.9 Å². The van der Waals surface area contributed by atoms with E-state index >= 15 is 0 Å². The molecule has 4 heteroatoms. The van der Waals surface area contributed by atoms with Gasteiger partial charge < -0.3 is 42.9 Å². The summed E-state index contributed by atoms with van der Waals surface area (Å²) < 4.78 is 2.65. The average molecular weight is 476 g/mol. The third kappa shape index (κ3) is 13.1. The van der Waals surface area contributed by atoms with Crippen molar-refractivity contribution in [3.05, 3.63) is 0 Å². The molecular formula is C20H48Br2N2. The van der Waals surface area contributed by atoms with Gasteiger partial charge in [0.1, 0.15) is 0 Å². The van der Waals surface area contributed by atoms with Crippen molar-refractivity contribution in [3.63, 3.8) is 0 Å². The van der Waals surface area contributed by atoms with E-state index in [4.69, 9.17) is 0 Å². The van der Waals surface area contributed by atoms with Crippen molar-refractivity contribution in [3.8, 4) is 0 Å². The molecule has 0 saturated heterocycles. The molecule has 0 amide bonds. The van der Waals surface area contributed by atoms with Gasteiger partial charge in [0.05, 0.1) is 52.4 Å². The lowest BCUT2D eigenvalue weighted by Gasteiger charge is -2.38. The van der Waals surface area contributed by atoms with Crippen LogP contribution in [0.3, 0.4) is 0 Å². The quantitative estimate of drug-likeness (QED) is 0.328. The molecule has 0 fully saturated rings. The molecule has 0 unspecified atom stereocenters. The number of quaternary nitrogens is 2. The zero-order valence-electron chi connectivity index (χ0n) is 18.1. The second kappa shape index (κ2) is 20.2. The fourth-order valence-electron chi connectivity index (χ4n) is 3.91. The van der Waals surface area contributed by atoms with Gasteiger partial charge >= 0.3 is 0 Å². The number of hydrogen-bond donors (Lipinski definition) is 0. The summed E-state index contributed by atoms with van der Waals surface area (Å²) in [5.41, 5.74) is 0. The van der Waals surface area contributed by atoms with E-state index in [0.717, 1.165) is 0 Å². The van der Waals surface area contributed by atoms with Crippen LogP contribution in [0.2, 0.25) is 0 Å². The lowest BCUT2D eigenvalue weighted by Crippen LogP contribution is -3.00. The minimum Gasteiger partial charge on any atom is -1.00 e. The molecular weight excluding hydrogens is 428 g/mol. The van der Waals surface area contributed by atoms with E-state index in [1.807, 2.05) is 0 Å². The summed E-state index contributed by atoms with van der Waals surface area (Å²) in [5.74, 6) is 0. The van der Waals surface area contributed by atoms with Crippen LogP contribution in [0, 0.1) is 0 Å². The van der Waals surface area contributed by atoms with Gasteiger partial charge in [-0.1, -0.05) is 27.7 Å². The monoisotopic (exact) mass is 474 g/mol. The van der Waals surface area contributed by atoms with Crippen LogP contribution in [-0.4, -0.2) is 61.3 Å². The highest BCUT2D eigenvalue weighted by Gasteiger charge is 2.22. The summed E-state index contributed by atoms with van der Waals surface area (Å²) in [4.78, 5) is 0. The summed E-state index contributed by atoms with van der Waals surface area (Å²) in [6, 6.07) is 0. The third-order valence-electron chi connectivity index (χ3n) is 5.48. The van der Waals surface area contributed by atoms with Gasteiger partial charge in [0.2, 0.25) is 0 Å². The van der Waals surface area contributed by atoms with Crippen LogP contribution in [0.4, 0.5) is 0 Å². The molecule has 152 valence electrons. The van der Waals surface area contributed by atoms with E-state index in [0.29, 0.717) is 0 Å². The van der Waals surface area contributed by atoms with Crippen molar-refractivity contribution in [2.24, 2.45) is 0 Å². The Hall–Kier alpha value is 0.880. The second-order valence-electron chi connectivity index (χ2n) is 6.84. The molecule has 0 heterocycles. The summed E-state index contributed by atoms with van der Waals surface area (Å²) in [7, 11) is 0. The Morgan fingerprint density at radius 1 is 0.375 bits per heavy atom. The molecule has 0 N–H and O–H groups in total. The van der Waals surface area contributed by atoms with Crippen molar-refractivity contribution in [2.75, 3.05) is 52.4 Å². The first kappa shape index (κ1) is 32.5. The van der Waals surface area contributed by atoms with Crippen LogP contribution in [0.5, 0.6) is 0 Å². The molecule has 0 saturated carbocycles. The first-order valence-corrected chi connectivity index (χ1v) is 10.2. The molecule has 0 aromatic heterocycles. The van der Waals surface area contributed by atoms with Crippen LogP contribution in [0.1, 0.15) is 81.1 Å². The van der Waals surface area contributed by atoms with Crippen LogP contribution in [0.25, 0.3) is 0 Å². The maximum Gasteiger partial charge on any atom is 0.0783 e. The Morgan fingerprint density at radius 3 is 0.667 bits per heavy atom. The van der Waals surface area contributed by atoms with Crippen molar-refractivity contribution in [2.45, 2.75) is 81.1 Å². The minimum absolute atomic E-state index is 0. The minimum atomic E-state index is 0. The standard InChI is InChI=1S/C12H28N.C8H20N.2BrH/c1-5-9-13(10-6-2,11-7-3)12-8-4;1-5-9(6-2,7-3)8-4;;/h5-12H2,1-4H3;5-8H2,1-4H3;2*1H/q2*+1;;/p-2. The Bertz CT molecular complexity index is 185. The lowest BCUT2D eigenvalue weighted by atomic mass is 10.2. The van der Waals surface area contributed by atoms with Crippen LogP contribution in [0.15, 0.2) is 0 Å². The highest BCUT2D eigenvalue weighted by molar-refractivity contribution is 4.44. The fraction of sp³-hybridized carbons (Fsp3) is 1.00. The van der Waals surface area contributed by atoms with Crippen LogP contribution < -0.4 is 34.0 Å². The molecule has 0 aromatic carbocycles. The summed E-state index contributed by atoms with van der Waals surface area (Å²) in [5, 5.41) is 0. The van der Waals surface area contributed by atoms with Gasteiger partial charge in [-0.15, -0.1) is 0 Å². The molecule has 0 aromatic rings. The lowest BCUT2D eigenvalue weighted by molar-refractivity contribution is -0.928. The first-order chi connectivity index (χ1) is 10.5. The van der Waals surface area contributed by atoms with E-state index in [2.05, 4.69) is 55.4 Å². The number of nitrogens with zero attached hydrogens (tertiary/aromatic N) is 2. The highest BCUT2D eigenvalue weighted by atomic mass is 79.9. The van der Waals surface area contributed by atoms with Gasteiger partial charge in [0, 0.05) is 0 Å². The third-order valence-corrected chi connectivity index (χ3v) is 5.48. The molecule has 24 heavy (non-hydrogen) atoms. The summed E-state index contributed by atoms with van der Waals surface area (Å²) in [6.45, 7) is 29.0. The fourth-order valence-corrected chi connectivity index (χ4v) is 3.91. The Labute approximate surface area is 176 Å². The van der Waals surface area contributed by atoms with E-state index in [9.17, 15) is 0 Å². The normalized spacial score (nSPS) is 11.0. The second-order valence-corrected chi connectivity index (χ2v) is 6.84. The molecule has 2 nitrogen and oxygen atoms in total. The Morgan fingerprint density at radius 2 is 0.583 bits per heavy atom. The molecule has 0 bridgehead atoms. The zero-order valence-corrected chi connectivity index (χ0v) is 21.3. The molecule has 0 radical (unpaired) electrons. The summed E-state index contributed by atoms with van der Waals surface area (Å²) in [6.07, 6.45) is 5.33. The van der Waals surface area contributed by atoms with Crippen LogP contribution in [-0.2, 0) is 0 Å². The highest BCUT2D eigenvalue weighted by Crippen LogP contribution is 2.12. The van der Waals surface area contributed by atoms with Crippen LogP contribution >= 0.6 is 0 Å². The Kier molecular flexibility index (Phi) is 27.4. The molecule has 0 aliphatic carbocycles. The first-order valence-electron chi connectivity index (χ1n) is 10.2. The number of rotatable bonds is 12. The van der Waals surface area contributed by atoms with E-state index < -0.39 is 0 Å². The molecule has 0 aliphatic rings. The maximum absolute atomic E-state index is 2.31. The topological polar surface area (TPSA) is 0 Å². The van der Waals surface area contributed by atoms with E-state index in [1.165, 1.54) is 87.0 Å². The van der Waals surface area contributed by atoms with Crippen molar-refractivity contribution in [1.82, 2.24) is 0 Å². The smallest absolute Gasteiger partial charge is 0.0783 e. The van der Waals surface area contributed by atoms with Gasteiger partial charge in [0.25, 0.3) is 0 Å². The van der Waals surface area contributed by atoms with E-state index in [-0.39, 0.29) is 34.0 Å². The maximum atomic E-state index is 2.31. The molecule has 0 aliphatic heterocycles. The van der Waals surface area contributed by atoms with Gasteiger partial charge in [-0.25, -0.2) is 0 Å². The zero-order chi connectivity index (χ0) is 17.5. The van der Waals surface area contributed by atoms with Gasteiger partial charge in [-0.05, 0) is 53.4 Å². The number of hydrogen-bond acceptors (Lipinski definition) is 0. The number of halogens is 2. The Balaban J connectivity index is -0.000000162. The predicted molar refractivity (Wildman–Crippen MR) is 103 cm³/mol. The predicted octanol–water partition coefficient (Wildman–Crippen LogP) is -0.666. The van der Waals surface area contributed by atoms with Gasteiger partial charge in [-0.3, -0.25) is 0 Å². The van der Waals surface area contributed by atoms with Crippen molar-refractivity contribution in [1.29, 1.82) is 0 Å². The summed E-state index contributed by atoms with van der Waals surface area (Å²) >= 11 is 0.